The van der Waals surface area contributed by atoms with Crippen LogP contribution in [-0.4, -0.2) is 15.1 Å². The van der Waals surface area contributed by atoms with E-state index in [1.807, 2.05) is 25.1 Å². The van der Waals surface area contributed by atoms with Crippen molar-refractivity contribution >= 4 is 0 Å². The quantitative estimate of drug-likeness (QED) is 0.842. The third kappa shape index (κ3) is 3.01. The molecule has 0 aliphatic heterocycles. The van der Waals surface area contributed by atoms with Crippen molar-refractivity contribution in [2.75, 3.05) is 0 Å². The van der Waals surface area contributed by atoms with E-state index in [2.05, 4.69) is 15.3 Å². The van der Waals surface area contributed by atoms with Crippen molar-refractivity contribution in [1.29, 1.82) is 0 Å². The number of aromatic nitrogens is 2. The van der Waals surface area contributed by atoms with Crippen molar-refractivity contribution in [2.45, 2.75) is 19.5 Å². The standard InChI is InChI=1S/C13H15N3O/c1-10(12-9-14-6-7-15-12)16-8-11-4-2-3-5-13(11)17/h2-7,9-10,16-17H,8H2,1H3. The van der Waals surface area contributed by atoms with Gasteiger partial charge in [0, 0.05) is 36.7 Å². The highest BCUT2D eigenvalue weighted by molar-refractivity contribution is 5.31. The number of phenolic OH excluding ortho intramolecular Hbond substituents is 1. The highest BCUT2D eigenvalue weighted by Crippen LogP contribution is 2.16. The van der Waals surface area contributed by atoms with Crippen LogP contribution >= 0.6 is 0 Å². The van der Waals surface area contributed by atoms with Crippen molar-refractivity contribution in [3.8, 4) is 5.75 Å². The average molecular weight is 229 g/mol. The Morgan fingerprint density at radius 1 is 1.29 bits per heavy atom. The van der Waals surface area contributed by atoms with Gasteiger partial charge in [-0.25, -0.2) is 0 Å². The van der Waals surface area contributed by atoms with E-state index in [1.54, 1.807) is 24.7 Å². The lowest BCUT2D eigenvalue weighted by Crippen LogP contribution is -2.19. The number of aromatic hydroxyl groups is 1. The Morgan fingerprint density at radius 2 is 2.12 bits per heavy atom. The molecule has 0 aliphatic rings. The summed E-state index contributed by atoms with van der Waals surface area (Å²) >= 11 is 0. The lowest BCUT2D eigenvalue weighted by atomic mass is 10.2. The number of hydrogen-bond acceptors (Lipinski definition) is 4. The SMILES string of the molecule is CC(NCc1ccccc1O)c1cnccn1. The Kier molecular flexibility index (Phi) is 3.67. The third-order valence-corrected chi connectivity index (χ3v) is 2.62. The van der Waals surface area contributed by atoms with Crippen LogP contribution in [0.25, 0.3) is 0 Å². The number of rotatable bonds is 4. The number of benzene rings is 1. The van der Waals surface area contributed by atoms with Crippen molar-refractivity contribution in [2.24, 2.45) is 0 Å². The van der Waals surface area contributed by atoms with Gasteiger partial charge in [-0.05, 0) is 13.0 Å². The monoisotopic (exact) mass is 229 g/mol. The summed E-state index contributed by atoms with van der Waals surface area (Å²) in [7, 11) is 0. The summed E-state index contributed by atoms with van der Waals surface area (Å²) in [6, 6.07) is 7.40. The largest absolute Gasteiger partial charge is 0.508 e. The van der Waals surface area contributed by atoms with Crippen LogP contribution in [0.5, 0.6) is 5.75 Å². The number of para-hydroxylation sites is 1. The third-order valence-electron chi connectivity index (χ3n) is 2.62. The zero-order valence-electron chi connectivity index (χ0n) is 9.67. The number of hydrogen-bond donors (Lipinski definition) is 2. The van der Waals surface area contributed by atoms with Crippen LogP contribution in [-0.2, 0) is 6.54 Å². The zero-order valence-corrected chi connectivity index (χ0v) is 9.67. The van der Waals surface area contributed by atoms with Crippen LogP contribution in [0, 0.1) is 0 Å². The van der Waals surface area contributed by atoms with E-state index in [0.717, 1.165) is 11.3 Å². The van der Waals surface area contributed by atoms with Crippen LogP contribution in [0.15, 0.2) is 42.9 Å². The van der Waals surface area contributed by atoms with Gasteiger partial charge in [-0.1, -0.05) is 18.2 Å². The maximum absolute atomic E-state index is 9.63. The molecule has 1 heterocycles. The minimum atomic E-state index is 0.100. The topological polar surface area (TPSA) is 58.0 Å². The summed E-state index contributed by atoms with van der Waals surface area (Å²) in [5.41, 5.74) is 1.77. The molecule has 1 aromatic carbocycles. The predicted octanol–water partition coefficient (Wildman–Crippen LogP) is 2.03. The molecule has 0 bridgehead atoms. The molecule has 2 N–H and O–H groups in total. The molecule has 2 aromatic rings. The van der Waals surface area contributed by atoms with Gasteiger partial charge in [0.15, 0.2) is 0 Å². The summed E-state index contributed by atoms with van der Waals surface area (Å²) < 4.78 is 0. The second kappa shape index (κ2) is 5.41. The fourth-order valence-corrected chi connectivity index (χ4v) is 1.56. The molecule has 0 aliphatic carbocycles. The molecule has 17 heavy (non-hydrogen) atoms. The second-order valence-corrected chi connectivity index (χ2v) is 3.86. The maximum Gasteiger partial charge on any atom is 0.120 e. The molecule has 1 atom stereocenters. The van der Waals surface area contributed by atoms with Gasteiger partial charge in [0.2, 0.25) is 0 Å². The van der Waals surface area contributed by atoms with Crippen molar-refractivity contribution in [1.82, 2.24) is 15.3 Å². The van der Waals surface area contributed by atoms with Crippen molar-refractivity contribution in [3.63, 3.8) is 0 Å². The van der Waals surface area contributed by atoms with Gasteiger partial charge in [0.25, 0.3) is 0 Å². The highest BCUT2D eigenvalue weighted by Gasteiger charge is 2.07. The molecule has 0 saturated heterocycles. The van der Waals surface area contributed by atoms with E-state index in [-0.39, 0.29) is 6.04 Å². The molecule has 0 amide bonds. The molecular formula is C13H15N3O. The first-order valence-electron chi connectivity index (χ1n) is 5.53. The smallest absolute Gasteiger partial charge is 0.120 e. The minimum Gasteiger partial charge on any atom is -0.508 e. The lowest BCUT2D eigenvalue weighted by Gasteiger charge is -2.13. The molecule has 88 valence electrons. The predicted molar refractivity (Wildman–Crippen MR) is 65.4 cm³/mol. The second-order valence-electron chi connectivity index (χ2n) is 3.86. The Hall–Kier alpha value is -1.94. The molecule has 0 radical (unpaired) electrons. The first-order chi connectivity index (χ1) is 8.27. The van der Waals surface area contributed by atoms with Crippen LogP contribution in [0.4, 0.5) is 0 Å². The Balaban J connectivity index is 1.97. The van der Waals surface area contributed by atoms with E-state index in [0.29, 0.717) is 12.3 Å². The summed E-state index contributed by atoms with van der Waals surface area (Å²) in [5, 5.41) is 12.9. The summed E-state index contributed by atoms with van der Waals surface area (Å²) in [6.45, 7) is 2.62. The van der Waals surface area contributed by atoms with Gasteiger partial charge in [0.05, 0.1) is 5.69 Å². The summed E-state index contributed by atoms with van der Waals surface area (Å²) in [4.78, 5) is 8.25. The fourth-order valence-electron chi connectivity index (χ4n) is 1.56. The van der Waals surface area contributed by atoms with Crippen molar-refractivity contribution < 1.29 is 5.11 Å². The molecule has 0 spiro atoms. The van der Waals surface area contributed by atoms with Crippen LogP contribution < -0.4 is 5.32 Å². The molecule has 0 saturated carbocycles. The van der Waals surface area contributed by atoms with Crippen molar-refractivity contribution in [3.05, 3.63) is 54.1 Å². The fraction of sp³-hybridized carbons (Fsp3) is 0.231. The Morgan fingerprint density at radius 3 is 2.82 bits per heavy atom. The molecule has 0 fully saturated rings. The number of nitrogens with zero attached hydrogens (tertiary/aromatic N) is 2. The molecule has 1 unspecified atom stereocenters. The van der Waals surface area contributed by atoms with E-state index >= 15 is 0 Å². The Labute approximate surface area is 100 Å². The first kappa shape index (κ1) is 11.5. The lowest BCUT2D eigenvalue weighted by molar-refractivity contribution is 0.459. The van der Waals surface area contributed by atoms with Gasteiger partial charge >= 0.3 is 0 Å². The minimum absolute atomic E-state index is 0.100. The number of nitrogens with one attached hydrogen (secondary N) is 1. The molecule has 1 aromatic heterocycles. The zero-order chi connectivity index (χ0) is 12.1. The highest BCUT2D eigenvalue weighted by atomic mass is 16.3. The summed E-state index contributed by atoms with van der Waals surface area (Å²) in [5.74, 6) is 0.311. The van der Waals surface area contributed by atoms with Gasteiger partial charge in [0.1, 0.15) is 5.75 Å². The van der Waals surface area contributed by atoms with E-state index in [1.165, 1.54) is 0 Å². The van der Waals surface area contributed by atoms with Gasteiger partial charge in [-0.2, -0.15) is 0 Å². The van der Waals surface area contributed by atoms with Gasteiger partial charge in [-0.3, -0.25) is 9.97 Å². The van der Waals surface area contributed by atoms with Crippen LogP contribution in [0.1, 0.15) is 24.2 Å². The van der Waals surface area contributed by atoms with E-state index in [9.17, 15) is 5.11 Å². The van der Waals surface area contributed by atoms with Gasteiger partial charge < -0.3 is 10.4 Å². The van der Waals surface area contributed by atoms with E-state index in [4.69, 9.17) is 0 Å². The average Bonchev–Trinajstić information content (AvgIpc) is 2.38. The Bertz CT molecular complexity index is 473. The maximum atomic E-state index is 9.63. The normalized spacial score (nSPS) is 12.3. The molecule has 2 rings (SSSR count). The number of phenols is 1. The first-order valence-corrected chi connectivity index (χ1v) is 5.53. The van der Waals surface area contributed by atoms with Gasteiger partial charge in [-0.15, -0.1) is 0 Å². The molecule has 4 nitrogen and oxygen atoms in total. The molecule has 4 heteroatoms. The van der Waals surface area contributed by atoms with E-state index < -0.39 is 0 Å². The molecular weight excluding hydrogens is 214 g/mol. The summed E-state index contributed by atoms with van der Waals surface area (Å²) in [6.07, 6.45) is 5.06. The van der Waals surface area contributed by atoms with Crippen LogP contribution in [0.2, 0.25) is 0 Å². The van der Waals surface area contributed by atoms with Crippen LogP contribution in [0.3, 0.4) is 0 Å².